The molecular formula is C39H55N3O4. The van der Waals surface area contributed by atoms with Gasteiger partial charge in [0.15, 0.2) is 0 Å². The number of fused-ring (bicyclic) bond motifs is 1. The van der Waals surface area contributed by atoms with Crippen molar-refractivity contribution in [2.75, 3.05) is 51.3 Å². The molecule has 0 radical (unpaired) electrons. The molecule has 3 aliphatic rings. The fourth-order valence-corrected chi connectivity index (χ4v) is 7.81. The normalized spacial score (nSPS) is 21.9. The number of carboxylic acid groups (broad SMARTS) is 1. The van der Waals surface area contributed by atoms with Crippen molar-refractivity contribution >= 4 is 11.7 Å². The largest absolute Gasteiger partial charge is 0.489 e. The van der Waals surface area contributed by atoms with Crippen LogP contribution in [0.2, 0.25) is 0 Å². The molecular weight excluding hydrogens is 574 g/mol. The molecule has 0 aromatic heterocycles. The van der Waals surface area contributed by atoms with Gasteiger partial charge in [0, 0.05) is 49.6 Å². The number of likely N-dealkylation sites (N-methyl/N-ethyl adjacent to an activating group) is 1. The molecule has 7 heteroatoms. The maximum absolute atomic E-state index is 11.8. The van der Waals surface area contributed by atoms with E-state index >= 15 is 0 Å². The highest BCUT2D eigenvalue weighted by atomic mass is 16.5. The monoisotopic (exact) mass is 629 g/mol. The van der Waals surface area contributed by atoms with E-state index in [1.165, 1.54) is 54.5 Å². The summed E-state index contributed by atoms with van der Waals surface area (Å²) < 4.78 is 6.48. The van der Waals surface area contributed by atoms with Crippen LogP contribution in [-0.4, -0.2) is 78.5 Å². The second-order valence-corrected chi connectivity index (χ2v) is 13.6. The van der Waals surface area contributed by atoms with Crippen LogP contribution in [0.15, 0.2) is 65.9 Å². The molecule has 2 fully saturated rings. The molecule has 7 nitrogen and oxygen atoms in total. The average molecular weight is 630 g/mol. The van der Waals surface area contributed by atoms with Crippen LogP contribution in [0.3, 0.4) is 0 Å². The van der Waals surface area contributed by atoms with E-state index in [9.17, 15) is 15.0 Å². The van der Waals surface area contributed by atoms with Crippen LogP contribution < -0.4 is 9.64 Å². The van der Waals surface area contributed by atoms with Gasteiger partial charge >= 0.3 is 5.97 Å². The summed E-state index contributed by atoms with van der Waals surface area (Å²) in [5.74, 6) is 0.706. The van der Waals surface area contributed by atoms with E-state index in [1.807, 2.05) is 12.1 Å². The second kappa shape index (κ2) is 16.0. The summed E-state index contributed by atoms with van der Waals surface area (Å²) in [4.78, 5) is 19.0. The fourth-order valence-electron chi connectivity index (χ4n) is 7.81. The number of carboxylic acids is 1. The van der Waals surface area contributed by atoms with Gasteiger partial charge in [0.2, 0.25) is 0 Å². The standard InChI is InChI=1S/C39H55N3O4/c1-5-7-8-11-28(3)37-34-17-14-30(39(44)45)26-36(34)40(4)38(37)29-12-15-33(16-13-29)46-27-31(18-23-41-21-9-10-22-41)35(6-2)42-24-19-32(43)20-25-42/h6,12-18,26,28,32,37-38,43H,5,7-11,19-25,27H2,1-4H3,(H,44,45)/b31-18-,35-6+. The van der Waals surface area contributed by atoms with E-state index in [-0.39, 0.29) is 18.1 Å². The Balaban J connectivity index is 1.34. The van der Waals surface area contributed by atoms with E-state index < -0.39 is 5.97 Å². The third-order valence-corrected chi connectivity index (χ3v) is 10.5. The Kier molecular flexibility index (Phi) is 11.9. The lowest BCUT2D eigenvalue weighted by Crippen LogP contribution is -2.36. The van der Waals surface area contributed by atoms with Crippen molar-refractivity contribution in [2.24, 2.45) is 5.92 Å². The number of aliphatic hydroxyl groups excluding tert-OH is 1. The van der Waals surface area contributed by atoms with Gasteiger partial charge in [-0.25, -0.2) is 4.79 Å². The lowest BCUT2D eigenvalue weighted by molar-refractivity contribution is 0.0696. The molecule has 3 aliphatic heterocycles. The van der Waals surface area contributed by atoms with Crippen molar-refractivity contribution in [3.63, 3.8) is 0 Å². The Morgan fingerprint density at radius 1 is 1.04 bits per heavy atom. The second-order valence-electron chi connectivity index (χ2n) is 13.6. The highest BCUT2D eigenvalue weighted by Gasteiger charge is 2.40. The van der Waals surface area contributed by atoms with E-state index in [0.29, 0.717) is 18.1 Å². The summed E-state index contributed by atoms with van der Waals surface area (Å²) in [7, 11) is 2.11. The molecule has 3 heterocycles. The number of aromatic carboxylic acids is 1. The summed E-state index contributed by atoms with van der Waals surface area (Å²) in [6, 6.07) is 14.4. The molecule has 46 heavy (non-hydrogen) atoms. The number of unbranched alkanes of at least 4 members (excludes halogenated alkanes) is 2. The SMILES string of the molecule is C/C=C(\C(=C/CN1CCCC1)COc1ccc(C2C(C(C)CCCCC)c3ccc(C(=O)O)cc3N2C)cc1)N1CCC(O)CC1. The van der Waals surface area contributed by atoms with Gasteiger partial charge in [-0.15, -0.1) is 0 Å². The summed E-state index contributed by atoms with van der Waals surface area (Å²) >= 11 is 0. The summed E-state index contributed by atoms with van der Waals surface area (Å²) in [5.41, 5.74) is 6.25. The number of allylic oxidation sites excluding steroid dienone is 1. The van der Waals surface area contributed by atoms with Gasteiger partial charge in [-0.1, -0.05) is 69.9 Å². The minimum atomic E-state index is -0.888. The fraction of sp³-hybridized carbons (Fsp3) is 0.564. The number of hydrogen-bond acceptors (Lipinski definition) is 6. The van der Waals surface area contributed by atoms with Crippen molar-refractivity contribution in [2.45, 2.75) is 90.2 Å². The first-order valence-electron chi connectivity index (χ1n) is 17.6. The molecule has 2 saturated heterocycles. The Morgan fingerprint density at radius 2 is 1.76 bits per heavy atom. The number of benzene rings is 2. The summed E-state index contributed by atoms with van der Waals surface area (Å²) in [6.45, 7) is 12.2. The molecule has 3 unspecified atom stereocenters. The first-order chi connectivity index (χ1) is 22.3. The number of aliphatic hydroxyl groups is 1. The van der Waals surface area contributed by atoms with Gasteiger partial charge < -0.3 is 24.7 Å². The van der Waals surface area contributed by atoms with Crippen molar-refractivity contribution in [3.05, 3.63) is 82.6 Å². The number of piperidine rings is 1. The lowest BCUT2D eigenvalue weighted by atomic mass is 9.78. The van der Waals surface area contributed by atoms with Crippen LogP contribution in [0.4, 0.5) is 5.69 Å². The van der Waals surface area contributed by atoms with E-state index in [1.54, 1.807) is 6.07 Å². The number of nitrogens with zero attached hydrogens (tertiary/aromatic N) is 3. The molecule has 0 bridgehead atoms. The molecule has 0 amide bonds. The van der Waals surface area contributed by atoms with Gasteiger partial charge in [-0.2, -0.15) is 0 Å². The zero-order chi connectivity index (χ0) is 32.6. The van der Waals surface area contributed by atoms with Crippen LogP contribution in [0.25, 0.3) is 0 Å². The Morgan fingerprint density at radius 3 is 2.41 bits per heavy atom. The molecule has 250 valence electrons. The third kappa shape index (κ3) is 7.98. The van der Waals surface area contributed by atoms with Crippen molar-refractivity contribution in [1.82, 2.24) is 9.80 Å². The van der Waals surface area contributed by atoms with Gasteiger partial charge in [0.05, 0.1) is 17.7 Å². The lowest BCUT2D eigenvalue weighted by Gasteiger charge is -2.34. The van der Waals surface area contributed by atoms with Crippen molar-refractivity contribution in [3.8, 4) is 5.75 Å². The number of hydrogen-bond donors (Lipinski definition) is 2. The topological polar surface area (TPSA) is 76.5 Å². The number of ether oxygens (including phenoxy) is 1. The predicted octanol–water partition coefficient (Wildman–Crippen LogP) is 7.64. The molecule has 2 N–H and O–H groups in total. The van der Waals surface area contributed by atoms with Crippen LogP contribution in [0, 0.1) is 5.92 Å². The molecule has 0 saturated carbocycles. The molecule has 0 spiro atoms. The van der Waals surface area contributed by atoms with Gasteiger partial charge in [-0.3, -0.25) is 4.90 Å². The predicted molar refractivity (Wildman–Crippen MR) is 187 cm³/mol. The molecule has 2 aromatic rings. The number of likely N-dealkylation sites (tertiary alicyclic amines) is 2. The maximum atomic E-state index is 11.8. The quantitative estimate of drug-likeness (QED) is 0.164. The Labute approximate surface area is 276 Å². The average Bonchev–Trinajstić information content (AvgIpc) is 3.69. The van der Waals surface area contributed by atoms with Gasteiger partial charge in [0.1, 0.15) is 12.4 Å². The van der Waals surface area contributed by atoms with Crippen LogP contribution >= 0.6 is 0 Å². The molecule has 3 atom stereocenters. The van der Waals surface area contributed by atoms with Crippen LogP contribution in [-0.2, 0) is 0 Å². The van der Waals surface area contributed by atoms with Crippen molar-refractivity contribution in [1.29, 1.82) is 0 Å². The van der Waals surface area contributed by atoms with Crippen LogP contribution in [0.1, 0.15) is 106 Å². The minimum Gasteiger partial charge on any atom is -0.489 e. The Bertz CT molecular complexity index is 1360. The zero-order valence-corrected chi connectivity index (χ0v) is 28.5. The molecule has 0 aliphatic carbocycles. The third-order valence-electron chi connectivity index (χ3n) is 10.5. The summed E-state index contributed by atoms with van der Waals surface area (Å²) in [5, 5.41) is 19.8. The minimum absolute atomic E-state index is 0.129. The number of rotatable bonds is 14. The molecule has 2 aromatic carbocycles. The van der Waals surface area contributed by atoms with Gasteiger partial charge in [0.25, 0.3) is 0 Å². The van der Waals surface area contributed by atoms with E-state index in [4.69, 9.17) is 4.74 Å². The highest BCUT2D eigenvalue weighted by Crippen LogP contribution is 2.52. The number of carbonyl (C=O) groups is 1. The highest BCUT2D eigenvalue weighted by molar-refractivity contribution is 5.89. The zero-order valence-electron chi connectivity index (χ0n) is 28.5. The van der Waals surface area contributed by atoms with Crippen LogP contribution in [0.5, 0.6) is 5.75 Å². The maximum Gasteiger partial charge on any atom is 0.335 e. The number of anilines is 1. The van der Waals surface area contributed by atoms with Crippen molar-refractivity contribution < 1.29 is 19.7 Å². The first-order valence-corrected chi connectivity index (χ1v) is 17.6. The first kappa shape index (κ1) is 34.1. The molecule has 5 rings (SSSR count). The van der Waals surface area contributed by atoms with Gasteiger partial charge in [-0.05, 0) is 87.0 Å². The smallest absolute Gasteiger partial charge is 0.335 e. The summed E-state index contributed by atoms with van der Waals surface area (Å²) in [6.07, 6.45) is 13.3. The van der Waals surface area contributed by atoms with E-state index in [0.717, 1.165) is 63.4 Å². The van der Waals surface area contributed by atoms with E-state index in [2.05, 4.69) is 78.9 Å². The Hall–Kier alpha value is -3.29.